The number of piperidine rings is 1. The summed E-state index contributed by atoms with van der Waals surface area (Å²) < 4.78 is 38.2. The summed E-state index contributed by atoms with van der Waals surface area (Å²) in [6.07, 6.45) is -5.04. The Balaban J connectivity index is 1.52. The second-order valence-corrected chi connectivity index (χ2v) is 7.53. The second-order valence-electron chi connectivity index (χ2n) is 7.53. The van der Waals surface area contributed by atoms with E-state index in [-0.39, 0.29) is 12.8 Å². The highest BCUT2D eigenvalue weighted by Crippen LogP contribution is 2.29. The van der Waals surface area contributed by atoms with Crippen molar-refractivity contribution in [2.24, 2.45) is 5.92 Å². The minimum atomic E-state index is -4.53. The number of para-hydroxylation sites is 1. The molecular weight excluding hydrogens is 425 g/mol. The van der Waals surface area contributed by atoms with Gasteiger partial charge in [-0.1, -0.05) is 30.3 Å². The largest absolute Gasteiger partial charge is 0.408 e. The van der Waals surface area contributed by atoms with E-state index in [1.165, 1.54) is 0 Å². The number of anilines is 2. The van der Waals surface area contributed by atoms with Crippen LogP contribution >= 0.6 is 0 Å². The molecule has 0 radical (unpaired) electrons. The van der Waals surface area contributed by atoms with Gasteiger partial charge in [0.2, 0.25) is 11.8 Å². The smallest absolute Gasteiger partial charge is 0.349 e. The van der Waals surface area contributed by atoms with Gasteiger partial charge in [0.1, 0.15) is 12.0 Å². The predicted octanol–water partition coefficient (Wildman–Crippen LogP) is 3.96. The minimum Gasteiger partial charge on any atom is -0.349 e. The van der Waals surface area contributed by atoms with Gasteiger partial charge in [0.15, 0.2) is 0 Å². The molecule has 3 atom stereocenters. The van der Waals surface area contributed by atoms with Crippen molar-refractivity contribution in [2.45, 2.75) is 38.0 Å². The molecule has 0 aliphatic carbocycles. The number of halogens is 3. The van der Waals surface area contributed by atoms with Crippen molar-refractivity contribution >= 4 is 29.2 Å². The highest BCUT2D eigenvalue weighted by atomic mass is 19.4. The molecule has 3 rings (SSSR count). The number of amides is 4. The van der Waals surface area contributed by atoms with Gasteiger partial charge in [0.25, 0.3) is 0 Å². The van der Waals surface area contributed by atoms with Crippen LogP contribution in [0.15, 0.2) is 54.6 Å². The van der Waals surface area contributed by atoms with E-state index < -0.39 is 42.0 Å². The molecule has 10 heteroatoms. The number of hydrogen-bond donors (Lipinski definition) is 4. The van der Waals surface area contributed by atoms with Gasteiger partial charge in [-0.15, -0.1) is 0 Å². The number of nitrogens with one attached hydrogen (secondary N) is 4. The quantitative estimate of drug-likeness (QED) is 0.521. The van der Waals surface area contributed by atoms with E-state index in [0.29, 0.717) is 16.9 Å². The number of hydrogen-bond acceptors (Lipinski definition) is 3. The molecule has 0 spiro atoms. The number of carbonyl (C=O) groups is 3. The maximum atomic E-state index is 12.7. The van der Waals surface area contributed by atoms with Gasteiger partial charge in [0.05, 0.1) is 6.04 Å². The first-order chi connectivity index (χ1) is 15.1. The molecule has 2 aromatic rings. The Hall–Kier alpha value is -3.56. The fourth-order valence-corrected chi connectivity index (χ4v) is 3.37. The summed E-state index contributed by atoms with van der Waals surface area (Å²) in [6.45, 7) is 1.70. The molecule has 1 aliphatic rings. The summed E-state index contributed by atoms with van der Waals surface area (Å²) in [5.41, 5.74) is 1.88. The van der Waals surface area contributed by atoms with Crippen LogP contribution < -0.4 is 21.3 Å². The first-order valence-electron chi connectivity index (χ1n) is 10.0. The number of benzene rings is 2. The maximum Gasteiger partial charge on any atom is 0.408 e. The van der Waals surface area contributed by atoms with E-state index >= 15 is 0 Å². The van der Waals surface area contributed by atoms with Crippen LogP contribution in [0.5, 0.6) is 0 Å². The number of carbonyl (C=O) groups excluding carboxylic acids is 3. The van der Waals surface area contributed by atoms with Gasteiger partial charge in [-0.3, -0.25) is 9.59 Å². The van der Waals surface area contributed by atoms with Crippen LogP contribution in [0.2, 0.25) is 0 Å². The Morgan fingerprint density at radius 2 is 1.56 bits per heavy atom. The lowest BCUT2D eigenvalue weighted by Gasteiger charge is -2.30. The molecule has 7 nitrogen and oxygen atoms in total. The zero-order valence-corrected chi connectivity index (χ0v) is 17.2. The topological polar surface area (TPSA) is 99.3 Å². The molecule has 170 valence electrons. The first-order valence-corrected chi connectivity index (χ1v) is 10.0. The third kappa shape index (κ3) is 5.99. The van der Waals surface area contributed by atoms with Crippen LogP contribution in [0, 0.1) is 5.92 Å². The van der Waals surface area contributed by atoms with E-state index in [2.05, 4.69) is 16.0 Å². The van der Waals surface area contributed by atoms with Crippen molar-refractivity contribution in [3.05, 3.63) is 60.2 Å². The van der Waals surface area contributed by atoms with Crippen molar-refractivity contribution in [3.63, 3.8) is 0 Å². The van der Waals surface area contributed by atoms with Crippen molar-refractivity contribution in [2.75, 3.05) is 10.6 Å². The standard InChI is InChI=1S/C22H23F3N4O3/c1-13(26-19(30)17-11-12-18(22(23,24)25)29-20(17)31)14-7-9-16(10-8-14)28-21(32)27-15-5-3-2-4-6-15/h2-10,13,17-18H,11-12H2,1H3,(H,26,30)(H,29,31)(H2,27,28,32). The van der Waals surface area contributed by atoms with Crippen LogP contribution in [0.4, 0.5) is 29.3 Å². The highest BCUT2D eigenvalue weighted by molar-refractivity contribution is 6.01. The zero-order valence-electron chi connectivity index (χ0n) is 17.2. The molecule has 3 unspecified atom stereocenters. The van der Waals surface area contributed by atoms with E-state index in [9.17, 15) is 27.6 Å². The summed E-state index contributed by atoms with van der Waals surface area (Å²) in [5.74, 6) is -2.72. The fraction of sp³-hybridized carbons (Fsp3) is 0.318. The van der Waals surface area contributed by atoms with Crippen molar-refractivity contribution in [1.82, 2.24) is 10.6 Å². The molecule has 0 bridgehead atoms. The Morgan fingerprint density at radius 1 is 0.969 bits per heavy atom. The van der Waals surface area contributed by atoms with Crippen LogP contribution in [0.3, 0.4) is 0 Å². The molecule has 1 fully saturated rings. The minimum absolute atomic E-state index is 0.173. The van der Waals surface area contributed by atoms with Gasteiger partial charge < -0.3 is 21.3 Å². The Bertz CT molecular complexity index is 965. The van der Waals surface area contributed by atoms with E-state index in [1.807, 2.05) is 11.4 Å². The normalized spacial score (nSPS) is 19.4. The van der Waals surface area contributed by atoms with Crippen molar-refractivity contribution in [3.8, 4) is 0 Å². The summed E-state index contributed by atoms with van der Waals surface area (Å²) >= 11 is 0. The molecule has 32 heavy (non-hydrogen) atoms. The molecule has 1 heterocycles. The monoisotopic (exact) mass is 448 g/mol. The van der Waals surface area contributed by atoms with Gasteiger partial charge in [-0.25, -0.2) is 4.79 Å². The average Bonchev–Trinajstić information content (AvgIpc) is 2.74. The average molecular weight is 448 g/mol. The van der Waals surface area contributed by atoms with Crippen LogP contribution in [0.1, 0.15) is 31.4 Å². The molecule has 2 aromatic carbocycles. The molecular formula is C22H23F3N4O3. The Morgan fingerprint density at radius 3 is 2.12 bits per heavy atom. The number of rotatable bonds is 5. The van der Waals surface area contributed by atoms with Crippen LogP contribution in [-0.4, -0.2) is 30.1 Å². The summed E-state index contributed by atoms with van der Waals surface area (Å²) in [6, 6.07) is 12.8. The van der Waals surface area contributed by atoms with E-state index in [1.54, 1.807) is 55.5 Å². The van der Waals surface area contributed by atoms with E-state index in [0.717, 1.165) is 0 Å². The molecule has 1 aliphatic heterocycles. The van der Waals surface area contributed by atoms with Gasteiger partial charge in [0, 0.05) is 11.4 Å². The predicted molar refractivity (Wildman–Crippen MR) is 113 cm³/mol. The summed E-state index contributed by atoms with van der Waals surface area (Å²) in [4.78, 5) is 36.4. The zero-order chi connectivity index (χ0) is 23.3. The number of urea groups is 1. The Kier molecular flexibility index (Phi) is 7.01. The second kappa shape index (κ2) is 9.71. The third-order valence-electron chi connectivity index (χ3n) is 5.15. The lowest BCUT2D eigenvalue weighted by atomic mass is 9.92. The van der Waals surface area contributed by atoms with Crippen LogP contribution in [-0.2, 0) is 9.59 Å². The molecule has 0 saturated carbocycles. The molecule has 4 N–H and O–H groups in total. The van der Waals surface area contributed by atoms with Gasteiger partial charge >= 0.3 is 12.2 Å². The molecule has 1 saturated heterocycles. The van der Waals surface area contributed by atoms with Gasteiger partial charge in [-0.2, -0.15) is 13.2 Å². The highest BCUT2D eigenvalue weighted by Gasteiger charge is 2.46. The molecule has 0 aromatic heterocycles. The SMILES string of the molecule is CC(NC(=O)C1CCC(C(F)(F)F)NC1=O)c1ccc(NC(=O)Nc2ccccc2)cc1. The van der Waals surface area contributed by atoms with Gasteiger partial charge in [-0.05, 0) is 49.6 Å². The lowest BCUT2D eigenvalue weighted by molar-refractivity contribution is -0.171. The third-order valence-corrected chi connectivity index (χ3v) is 5.15. The summed E-state index contributed by atoms with van der Waals surface area (Å²) in [7, 11) is 0. The lowest BCUT2D eigenvalue weighted by Crippen LogP contribution is -2.54. The summed E-state index contributed by atoms with van der Waals surface area (Å²) in [5, 5.41) is 9.91. The maximum absolute atomic E-state index is 12.7. The van der Waals surface area contributed by atoms with Crippen molar-refractivity contribution in [1.29, 1.82) is 0 Å². The number of alkyl halides is 3. The molecule has 4 amide bonds. The Labute approximate surface area is 182 Å². The fourth-order valence-electron chi connectivity index (χ4n) is 3.37. The van der Waals surface area contributed by atoms with Crippen molar-refractivity contribution < 1.29 is 27.6 Å². The van der Waals surface area contributed by atoms with Crippen LogP contribution in [0.25, 0.3) is 0 Å². The first kappa shape index (κ1) is 23.1. The van der Waals surface area contributed by atoms with E-state index in [4.69, 9.17) is 0 Å².